The molecule has 0 unspecified atom stereocenters. The zero-order valence-corrected chi connectivity index (χ0v) is 8.81. The fraction of sp³-hybridized carbons (Fsp3) is 0. The molecule has 1 aliphatic rings. The molecule has 0 aliphatic carbocycles. The summed E-state index contributed by atoms with van der Waals surface area (Å²) in [6.45, 7) is 0. The van der Waals surface area contributed by atoms with E-state index in [-0.39, 0.29) is 0 Å². The zero-order chi connectivity index (χ0) is 9.71. The van der Waals surface area contributed by atoms with Crippen molar-refractivity contribution in [1.82, 2.24) is 0 Å². The Labute approximate surface area is 91.8 Å². The van der Waals surface area contributed by atoms with Gasteiger partial charge in [-0.3, -0.25) is 0 Å². The summed E-state index contributed by atoms with van der Waals surface area (Å²) >= 11 is 10.4. The molecule has 2 aromatic carbocycles. The molecule has 1 nitrogen and oxygen atoms in total. The molecule has 0 fully saturated rings. The van der Waals surface area contributed by atoms with Crippen molar-refractivity contribution in [2.45, 2.75) is 0 Å². The van der Waals surface area contributed by atoms with E-state index in [0.717, 1.165) is 32.1 Å². The van der Waals surface area contributed by atoms with Gasteiger partial charge in [0.2, 0.25) is 0 Å². The summed E-state index contributed by atoms with van der Waals surface area (Å²) in [5.74, 6) is 0. The van der Waals surface area contributed by atoms with E-state index in [4.69, 9.17) is 11.6 Å². The Morgan fingerprint density at radius 3 is 2.86 bits per heavy atom. The van der Waals surface area contributed by atoms with Gasteiger partial charge in [-0.25, -0.2) is 4.99 Å². The normalized spacial score (nSPS) is 13.4. The van der Waals surface area contributed by atoms with Crippen LogP contribution >= 0.6 is 24.2 Å². The Bertz CT molecular complexity index is 575. The minimum atomic E-state index is 0.767. The van der Waals surface area contributed by atoms with Crippen LogP contribution < -0.4 is 0 Å². The molecule has 3 rings (SSSR count). The van der Waals surface area contributed by atoms with Crippen LogP contribution in [0.2, 0.25) is 5.02 Å². The first kappa shape index (κ1) is 8.33. The number of hydrogen-bond donors (Lipinski definition) is 1. The maximum atomic E-state index is 6.10. The Morgan fingerprint density at radius 1 is 1.14 bits per heavy atom. The third-order valence-electron chi connectivity index (χ3n) is 2.43. The van der Waals surface area contributed by atoms with Gasteiger partial charge in [-0.2, -0.15) is 0 Å². The SMILES string of the molecule is SC1=Nc2ccc(Cl)c3cccc1c23. The smallest absolute Gasteiger partial charge is 0.102 e. The largest absolute Gasteiger partial charge is 0.241 e. The van der Waals surface area contributed by atoms with Crippen molar-refractivity contribution in [3.63, 3.8) is 0 Å². The Hall–Kier alpha value is -0.990. The van der Waals surface area contributed by atoms with Gasteiger partial charge >= 0.3 is 0 Å². The highest BCUT2D eigenvalue weighted by Gasteiger charge is 2.16. The van der Waals surface area contributed by atoms with Gasteiger partial charge in [0.15, 0.2) is 0 Å². The summed E-state index contributed by atoms with van der Waals surface area (Å²) < 4.78 is 0. The lowest BCUT2D eigenvalue weighted by atomic mass is 10.1. The van der Waals surface area contributed by atoms with Crippen LogP contribution in [-0.4, -0.2) is 5.04 Å². The van der Waals surface area contributed by atoms with Crippen molar-refractivity contribution >= 4 is 45.7 Å². The maximum absolute atomic E-state index is 6.10. The fourth-order valence-electron chi connectivity index (χ4n) is 1.81. The minimum Gasteiger partial charge on any atom is -0.241 e. The first-order chi connectivity index (χ1) is 6.77. The summed E-state index contributed by atoms with van der Waals surface area (Å²) in [5.41, 5.74) is 2.04. The van der Waals surface area contributed by atoms with Gasteiger partial charge in [-0.1, -0.05) is 29.8 Å². The molecule has 0 N–H and O–H groups in total. The van der Waals surface area contributed by atoms with Crippen molar-refractivity contribution in [3.8, 4) is 0 Å². The summed E-state index contributed by atoms with van der Waals surface area (Å²) in [4.78, 5) is 4.36. The molecule has 0 bridgehead atoms. The van der Waals surface area contributed by atoms with E-state index in [1.807, 2.05) is 30.3 Å². The number of halogens is 1. The molecule has 1 heterocycles. The van der Waals surface area contributed by atoms with Crippen LogP contribution in [0.15, 0.2) is 35.3 Å². The zero-order valence-electron chi connectivity index (χ0n) is 7.16. The average Bonchev–Trinajstić information content (AvgIpc) is 2.52. The van der Waals surface area contributed by atoms with Crippen molar-refractivity contribution in [3.05, 3.63) is 40.9 Å². The van der Waals surface area contributed by atoms with E-state index in [0.29, 0.717) is 0 Å². The van der Waals surface area contributed by atoms with Crippen LogP contribution in [0, 0.1) is 0 Å². The van der Waals surface area contributed by atoms with Gasteiger partial charge < -0.3 is 0 Å². The average molecular weight is 220 g/mol. The summed E-state index contributed by atoms with van der Waals surface area (Å²) in [6.07, 6.45) is 0. The predicted octanol–water partition coefficient (Wildman–Crippen LogP) is 3.81. The molecule has 0 spiro atoms. The summed E-state index contributed by atoms with van der Waals surface area (Å²) in [6, 6.07) is 9.80. The Morgan fingerprint density at radius 2 is 2.00 bits per heavy atom. The standard InChI is InChI=1S/C11H6ClNS/c12-8-4-5-9-10-6(8)2-1-3-7(10)11(14)13-9/h1-5H,(H,13,14). The molecule has 0 radical (unpaired) electrons. The third kappa shape index (κ3) is 0.954. The van der Waals surface area contributed by atoms with Gasteiger partial charge in [0.05, 0.1) is 5.69 Å². The fourth-order valence-corrected chi connectivity index (χ4v) is 2.32. The lowest BCUT2D eigenvalue weighted by Crippen LogP contribution is -1.85. The molecule has 1 aliphatic heterocycles. The number of benzene rings is 2. The van der Waals surface area contributed by atoms with Crippen molar-refractivity contribution in [2.75, 3.05) is 0 Å². The van der Waals surface area contributed by atoms with Gasteiger partial charge in [0, 0.05) is 21.4 Å². The van der Waals surface area contributed by atoms with E-state index in [9.17, 15) is 0 Å². The third-order valence-corrected chi connectivity index (χ3v) is 3.10. The molecule has 3 heteroatoms. The molecule has 0 saturated carbocycles. The Balaban J connectivity index is 2.59. The molecule has 14 heavy (non-hydrogen) atoms. The molecular formula is C11H6ClNS. The maximum Gasteiger partial charge on any atom is 0.102 e. The van der Waals surface area contributed by atoms with Gasteiger partial charge in [-0.05, 0) is 12.1 Å². The topological polar surface area (TPSA) is 12.4 Å². The number of hydrogen-bond acceptors (Lipinski definition) is 1. The van der Waals surface area contributed by atoms with E-state index >= 15 is 0 Å². The molecule has 0 aromatic heterocycles. The summed E-state index contributed by atoms with van der Waals surface area (Å²) in [5, 5.41) is 3.70. The Kier molecular flexibility index (Phi) is 1.64. The van der Waals surface area contributed by atoms with Crippen molar-refractivity contribution < 1.29 is 0 Å². The number of aliphatic imine (C=N–C) groups is 1. The molecule has 0 amide bonds. The van der Waals surface area contributed by atoms with Gasteiger partial charge in [0.1, 0.15) is 5.04 Å². The monoisotopic (exact) mass is 219 g/mol. The van der Waals surface area contributed by atoms with Crippen LogP contribution in [-0.2, 0) is 0 Å². The van der Waals surface area contributed by atoms with Crippen LogP contribution in [0.5, 0.6) is 0 Å². The van der Waals surface area contributed by atoms with E-state index < -0.39 is 0 Å². The number of nitrogens with zero attached hydrogens (tertiary/aromatic N) is 1. The van der Waals surface area contributed by atoms with Crippen molar-refractivity contribution in [2.24, 2.45) is 4.99 Å². The van der Waals surface area contributed by atoms with Crippen LogP contribution in [0.25, 0.3) is 10.8 Å². The first-order valence-electron chi connectivity index (χ1n) is 4.26. The molecule has 68 valence electrons. The second-order valence-corrected chi connectivity index (χ2v) is 4.06. The lowest BCUT2D eigenvalue weighted by molar-refractivity contribution is 1.62. The van der Waals surface area contributed by atoms with Gasteiger partial charge in [-0.15, -0.1) is 12.6 Å². The van der Waals surface area contributed by atoms with Crippen LogP contribution in [0.1, 0.15) is 5.56 Å². The highest BCUT2D eigenvalue weighted by molar-refractivity contribution is 7.97. The molecular weight excluding hydrogens is 214 g/mol. The van der Waals surface area contributed by atoms with Crippen molar-refractivity contribution in [1.29, 1.82) is 0 Å². The minimum absolute atomic E-state index is 0.767. The van der Waals surface area contributed by atoms with Gasteiger partial charge in [0.25, 0.3) is 0 Å². The molecule has 2 aromatic rings. The lowest BCUT2D eigenvalue weighted by Gasteiger charge is -2.01. The van der Waals surface area contributed by atoms with E-state index in [1.54, 1.807) is 0 Å². The number of thiol groups is 1. The quantitative estimate of drug-likeness (QED) is 0.647. The van der Waals surface area contributed by atoms with E-state index in [2.05, 4.69) is 17.6 Å². The highest BCUT2D eigenvalue weighted by atomic mass is 35.5. The first-order valence-corrected chi connectivity index (χ1v) is 5.09. The molecule has 0 atom stereocenters. The van der Waals surface area contributed by atoms with E-state index in [1.165, 1.54) is 0 Å². The molecule has 0 saturated heterocycles. The predicted molar refractivity (Wildman–Crippen MR) is 64.1 cm³/mol. The second kappa shape index (κ2) is 2.75. The number of rotatable bonds is 0. The second-order valence-electron chi connectivity index (χ2n) is 3.23. The van der Waals surface area contributed by atoms with Crippen LogP contribution in [0.4, 0.5) is 5.69 Å². The highest BCUT2D eigenvalue weighted by Crippen LogP contribution is 2.39. The van der Waals surface area contributed by atoms with Crippen LogP contribution in [0.3, 0.4) is 0 Å². The summed E-state index contributed by atoms with van der Waals surface area (Å²) in [7, 11) is 0.